The number of hydrogen-bond donors (Lipinski definition) is 2. The minimum Gasteiger partial charge on any atom is -0.332 e. The van der Waals surface area contributed by atoms with Crippen molar-refractivity contribution in [3.05, 3.63) is 40.6 Å². The minimum atomic E-state index is -0.448. The van der Waals surface area contributed by atoms with Crippen LogP contribution in [-0.2, 0) is 5.54 Å². The average Bonchev–Trinajstić information content (AvgIpc) is 3.28. The van der Waals surface area contributed by atoms with Gasteiger partial charge in [0.2, 0.25) is 0 Å². The molecule has 0 atom stereocenters. The Morgan fingerprint density at radius 3 is 2.65 bits per heavy atom. The van der Waals surface area contributed by atoms with Gasteiger partial charge in [0.1, 0.15) is 5.69 Å². The van der Waals surface area contributed by atoms with Crippen LogP contribution >= 0.6 is 15.9 Å². The van der Waals surface area contributed by atoms with Gasteiger partial charge in [-0.2, -0.15) is 10.1 Å². The van der Waals surface area contributed by atoms with Gasteiger partial charge in [-0.1, -0.05) is 46.1 Å². The molecule has 118 valence electrons. The third kappa shape index (κ3) is 2.70. The summed E-state index contributed by atoms with van der Waals surface area (Å²) < 4.78 is 6.41. The molecule has 4 rings (SSSR count). The number of rotatable bonds is 3. The largest absolute Gasteiger partial charge is 0.332 e. The van der Waals surface area contributed by atoms with Crippen LogP contribution in [0.5, 0.6) is 0 Å². The Kier molecular flexibility index (Phi) is 3.54. The van der Waals surface area contributed by atoms with Gasteiger partial charge in [-0.25, -0.2) is 0 Å². The predicted octanol–water partition coefficient (Wildman–Crippen LogP) is 3.62. The second-order valence-electron chi connectivity index (χ2n) is 5.96. The van der Waals surface area contributed by atoms with Gasteiger partial charge >= 0.3 is 0 Å². The van der Waals surface area contributed by atoms with Crippen molar-refractivity contribution in [3.63, 3.8) is 0 Å². The van der Waals surface area contributed by atoms with E-state index in [-0.39, 0.29) is 0 Å². The van der Waals surface area contributed by atoms with Gasteiger partial charge in [0, 0.05) is 10.0 Å². The summed E-state index contributed by atoms with van der Waals surface area (Å²) in [6.45, 7) is 0. The number of aromatic amines is 1. The number of halogens is 1. The van der Waals surface area contributed by atoms with Crippen molar-refractivity contribution < 1.29 is 4.52 Å². The van der Waals surface area contributed by atoms with Crippen LogP contribution < -0.4 is 5.73 Å². The number of nitrogens with one attached hydrogen (secondary N) is 1. The fraction of sp³-hybridized carbons (Fsp3) is 0.312. The average molecular weight is 374 g/mol. The molecule has 0 saturated heterocycles. The summed E-state index contributed by atoms with van der Waals surface area (Å²) >= 11 is 3.43. The zero-order valence-electron chi connectivity index (χ0n) is 12.4. The molecule has 1 aromatic carbocycles. The van der Waals surface area contributed by atoms with Gasteiger partial charge in [0.15, 0.2) is 5.82 Å². The van der Waals surface area contributed by atoms with Crippen molar-refractivity contribution in [3.8, 4) is 22.8 Å². The Morgan fingerprint density at radius 2 is 1.91 bits per heavy atom. The Labute approximate surface area is 141 Å². The van der Waals surface area contributed by atoms with Crippen LogP contribution in [0.25, 0.3) is 22.8 Å². The number of H-pyrrole nitrogens is 1. The zero-order valence-corrected chi connectivity index (χ0v) is 14.0. The number of aromatic nitrogens is 4. The number of nitrogens with zero attached hydrogens (tertiary/aromatic N) is 3. The first-order chi connectivity index (χ1) is 11.1. The Balaban J connectivity index is 1.62. The monoisotopic (exact) mass is 373 g/mol. The van der Waals surface area contributed by atoms with E-state index in [1.165, 1.54) is 0 Å². The fourth-order valence-electron chi connectivity index (χ4n) is 2.96. The Hall–Kier alpha value is -1.99. The molecule has 1 aliphatic carbocycles. The SMILES string of the molecule is NC1(c2noc(-c3cc(-c4ccc(Br)cc4)n[nH]3)n2)CCCC1. The molecular formula is C16H16BrN5O. The molecule has 0 spiro atoms. The second kappa shape index (κ2) is 5.58. The smallest absolute Gasteiger partial charge is 0.276 e. The normalized spacial score (nSPS) is 16.8. The van der Waals surface area contributed by atoms with Crippen LogP contribution in [0.15, 0.2) is 39.3 Å². The predicted molar refractivity (Wildman–Crippen MR) is 89.3 cm³/mol. The van der Waals surface area contributed by atoms with E-state index < -0.39 is 5.54 Å². The van der Waals surface area contributed by atoms with Gasteiger partial charge in [-0.05, 0) is 31.0 Å². The van der Waals surface area contributed by atoms with Gasteiger partial charge in [0.05, 0.1) is 11.2 Å². The van der Waals surface area contributed by atoms with E-state index >= 15 is 0 Å². The molecule has 2 heterocycles. The van der Waals surface area contributed by atoms with E-state index in [1.807, 2.05) is 30.3 Å². The van der Waals surface area contributed by atoms with Crippen molar-refractivity contribution >= 4 is 15.9 Å². The molecule has 3 aromatic rings. The highest BCUT2D eigenvalue weighted by Gasteiger charge is 2.36. The molecule has 1 aliphatic rings. The molecule has 6 nitrogen and oxygen atoms in total. The van der Waals surface area contributed by atoms with Crippen molar-refractivity contribution in [2.75, 3.05) is 0 Å². The van der Waals surface area contributed by atoms with E-state index in [0.717, 1.165) is 41.4 Å². The maximum Gasteiger partial charge on any atom is 0.276 e. The van der Waals surface area contributed by atoms with Gasteiger partial charge in [0.25, 0.3) is 5.89 Å². The molecule has 0 bridgehead atoms. The molecule has 1 saturated carbocycles. The molecule has 0 radical (unpaired) electrons. The van der Waals surface area contributed by atoms with Gasteiger partial charge < -0.3 is 10.3 Å². The molecule has 3 N–H and O–H groups in total. The summed E-state index contributed by atoms with van der Waals surface area (Å²) in [6, 6.07) is 9.85. The summed E-state index contributed by atoms with van der Waals surface area (Å²) in [5.74, 6) is 1.01. The van der Waals surface area contributed by atoms with E-state index in [9.17, 15) is 0 Å². The highest BCUT2D eigenvalue weighted by molar-refractivity contribution is 9.10. The van der Waals surface area contributed by atoms with Crippen LogP contribution in [0.3, 0.4) is 0 Å². The molecule has 23 heavy (non-hydrogen) atoms. The molecule has 0 aliphatic heterocycles. The van der Waals surface area contributed by atoms with Crippen LogP contribution in [-0.4, -0.2) is 20.3 Å². The van der Waals surface area contributed by atoms with E-state index in [0.29, 0.717) is 17.4 Å². The lowest BCUT2D eigenvalue weighted by Gasteiger charge is -2.17. The lowest BCUT2D eigenvalue weighted by Crippen LogP contribution is -2.34. The maximum absolute atomic E-state index is 6.37. The van der Waals surface area contributed by atoms with Gasteiger partial charge in [-0.3, -0.25) is 5.10 Å². The van der Waals surface area contributed by atoms with Crippen molar-refractivity contribution in [1.29, 1.82) is 0 Å². The first kappa shape index (κ1) is 14.6. The summed E-state index contributed by atoms with van der Waals surface area (Å²) in [5, 5.41) is 11.3. The first-order valence-electron chi connectivity index (χ1n) is 7.59. The molecule has 1 fully saturated rings. The maximum atomic E-state index is 6.37. The zero-order chi connectivity index (χ0) is 15.9. The second-order valence-corrected chi connectivity index (χ2v) is 6.88. The van der Waals surface area contributed by atoms with Crippen LogP contribution in [0.4, 0.5) is 0 Å². The van der Waals surface area contributed by atoms with Crippen molar-refractivity contribution in [1.82, 2.24) is 20.3 Å². The summed E-state index contributed by atoms with van der Waals surface area (Å²) in [5.41, 5.74) is 8.46. The van der Waals surface area contributed by atoms with Crippen molar-refractivity contribution in [2.45, 2.75) is 31.2 Å². The lowest BCUT2D eigenvalue weighted by atomic mass is 9.99. The Bertz CT molecular complexity index is 817. The fourth-order valence-corrected chi connectivity index (χ4v) is 3.23. The standard InChI is InChI=1S/C16H16BrN5O/c17-11-5-3-10(4-6-11)12-9-13(21-20-12)14-19-15(22-23-14)16(18)7-1-2-8-16/h3-6,9H,1-2,7-8,18H2,(H,20,21). The first-order valence-corrected chi connectivity index (χ1v) is 8.38. The molecule has 0 unspecified atom stereocenters. The molecule has 7 heteroatoms. The third-order valence-electron chi connectivity index (χ3n) is 4.32. The van der Waals surface area contributed by atoms with E-state index in [4.69, 9.17) is 10.3 Å². The summed E-state index contributed by atoms with van der Waals surface area (Å²) in [6.07, 6.45) is 4.02. The lowest BCUT2D eigenvalue weighted by molar-refractivity contribution is 0.372. The van der Waals surface area contributed by atoms with Gasteiger partial charge in [-0.15, -0.1) is 0 Å². The number of benzene rings is 1. The summed E-state index contributed by atoms with van der Waals surface area (Å²) in [4.78, 5) is 4.47. The quantitative estimate of drug-likeness (QED) is 0.730. The molecule has 0 amide bonds. The van der Waals surface area contributed by atoms with Crippen LogP contribution in [0, 0.1) is 0 Å². The van der Waals surface area contributed by atoms with E-state index in [1.54, 1.807) is 0 Å². The van der Waals surface area contributed by atoms with Crippen LogP contribution in [0.2, 0.25) is 0 Å². The van der Waals surface area contributed by atoms with E-state index in [2.05, 4.69) is 36.3 Å². The highest BCUT2D eigenvalue weighted by atomic mass is 79.9. The minimum absolute atomic E-state index is 0.424. The number of hydrogen-bond acceptors (Lipinski definition) is 5. The highest BCUT2D eigenvalue weighted by Crippen LogP contribution is 2.35. The summed E-state index contributed by atoms with van der Waals surface area (Å²) in [7, 11) is 0. The molecule has 2 aromatic heterocycles. The van der Waals surface area contributed by atoms with Crippen molar-refractivity contribution in [2.24, 2.45) is 5.73 Å². The topological polar surface area (TPSA) is 93.6 Å². The Morgan fingerprint density at radius 1 is 1.17 bits per heavy atom. The van der Waals surface area contributed by atoms with Crippen LogP contribution in [0.1, 0.15) is 31.5 Å². The molecular weight excluding hydrogens is 358 g/mol. The number of nitrogens with two attached hydrogens (primary N) is 1. The third-order valence-corrected chi connectivity index (χ3v) is 4.84.